The number of unbranched alkanes of at least 4 members (excludes halogenated alkanes) is 2. The third-order valence-electron chi connectivity index (χ3n) is 7.53. The minimum absolute atomic E-state index is 0.150. The average Bonchev–Trinajstić information content (AvgIpc) is 3.07. The predicted molar refractivity (Wildman–Crippen MR) is 189 cm³/mol. The van der Waals surface area contributed by atoms with Gasteiger partial charge < -0.3 is 25.6 Å². The number of terminal acetylenes is 1. The molecular formula is C36H61N7O2. The largest absolute Gasteiger partial charge is 0.383 e. The standard InChI is InChI=1S/C20H28N6O.C6H12.C6H10.C4H11NO/c1-4-21-18-11-17(24-15(3)25-18)13-23-20(27)16-5-6-19(22-12-16)26-9-7-14(2)8-10-26;1-2-4-6-5-3-1;1-3-5-6-4-2;1-5-3-4-6-2/h5-6,11-12,14H,4,7-10,13H2,1-3H3,(H,23,27)(H,21,24,25);1-6H2;1H,4-6H2,2H3;5H,3-4H2,1-2H3. The van der Waals surface area contributed by atoms with Gasteiger partial charge in [-0.2, -0.15) is 0 Å². The van der Waals surface area contributed by atoms with Gasteiger partial charge in [0.1, 0.15) is 17.5 Å². The second-order valence-corrected chi connectivity index (χ2v) is 11.6. The van der Waals surface area contributed by atoms with Gasteiger partial charge in [0.2, 0.25) is 0 Å². The van der Waals surface area contributed by atoms with Gasteiger partial charge in [-0.15, -0.1) is 12.3 Å². The minimum atomic E-state index is -0.150. The lowest BCUT2D eigenvalue weighted by Crippen LogP contribution is -2.33. The highest BCUT2D eigenvalue weighted by Gasteiger charge is 2.17. The lowest BCUT2D eigenvalue weighted by molar-refractivity contribution is 0.0950. The molecule has 0 aromatic carbocycles. The summed E-state index contributed by atoms with van der Waals surface area (Å²) in [7, 11) is 3.59. The number of nitrogens with one attached hydrogen (secondary N) is 3. The molecule has 0 radical (unpaired) electrons. The quantitative estimate of drug-likeness (QED) is 0.186. The number of piperidine rings is 1. The van der Waals surface area contributed by atoms with Crippen LogP contribution >= 0.6 is 0 Å². The number of carbonyl (C=O) groups is 1. The summed E-state index contributed by atoms with van der Waals surface area (Å²) in [6, 6.07) is 5.63. The molecule has 0 spiro atoms. The first-order chi connectivity index (χ1) is 21.9. The zero-order valence-electron chi connectivity index (χ0n) is 29.1. The topological polar surface area (TPSA) is 104 Å². The van der Waals surface area contributed by atoms with E-state index in [0.717, 1.165) is 62.5 Å². The summed E-state index contributed by atoms with van der Waals surface area (Å²) < 4.78 is 4.72. The smallest absolute Gasteiger partial charge is 0.253 e. The normalized spacial score (nSPS) is 14.3. The maximum Gasteiger partial charge on any atom is 0.253 e. The summed E-state index contributed by atoms with van der Waals surface area (Å²) >= 11 is 0. The Balaban J connectivity index is 0.000000455. The number of amides is 1. The molecule has 1 amide bonds. The number of aromatic nitrogens is 3. The molecule has 9 heteroatoms. The van der Waals surface area contributed by atoms with Crippen molar-refractivity contribution in [1.29, 1.82) is 0 Å². The number of pyridine rings is 1. The van der Waals surface area contributed by atoms with Crippen molar-refractivity contribution in [2.45, 2.75) is 105 Å². The number of methoxy groups -OCH3 is 1. The summed E-state index contributed by atoms with van der Waals surface area (Å²) in [4.78, 5) is 27.9. The Bertz CT molecular complexity index is 1040. The lowest BCUT2D eigenvalue weighted by Gasteiger charge is -2.31. The van der Waals surface area contributed by atoms with Crippen LogP contribution in [0.2, 0.25) is 0 Å². The molecule has 45 heavy (non-hydrogen) atoms. The molecule has 9 nitrogen and oxygen atoms in total. The van der Waals surface area contributed by atoms with Crippen LogP contribution in [0.5, 0.6) is 0 Å². The zero-order valence-corrected chi connectivity index (χ0v) is 29.1. The maximum atomic E-state index is 12.4. The van der Waals surface area contributed by atoms with Gasteiger partial charge in [0.15, 0.2) is 0 Å². The highest BCUT2D eigenvalue weighted by molar-refractivity contribution is 5.94. The highest BCUT2D eigenvalue weighted by atomic mass is 16.5. The monoisotopic (exact) mass is 623 g/mol. The van der Waals surface area contributed by atoms with Crippen molar-refractivity contribution >= 4 is 17.5 Å². The molecule has 1 saturated carbocycles. The van der Waals surface area contributed by atoms with Gasteiger partial charge in [-0.05, 0) is 58.2 Å². The summed E-state index contributed by atoms with van der Waals surface area (Å²) in [6.07, 6.45) is 21.3. The SMILES string of the molecule is C#CCCCC.C1CCCCC1.CCNc1cc(CNC(=O)c2ccc(N3CCC(C)CC3)nc2)nc(C)n1.CNCCOC. The van der Waals surface area contributed by atoms with E-state index in [1.54, 1.807) is 13.3 Å². The van der Waals surface area contributed by atoms with E-state index < -0.39 is 0 Å². The van der Waals surface area contributed by atoms with Crippen LogP contribution in [0, 0.1) is 25.2 Å². The Labute approximate surface area is 274 Å². The van der Waals surface area contributed by atoms with Crippen LogP contribution in [0.4, 0.5) is 11.6 Å². The molecule has 1 saturated heterocycles. The molecule has 0 bridgehead atoms. The number of rotatable bonds is 11. The predicted octanol–water partition coefficient (Wildman–Crippen LogP) is 6.78. The summed E-state index contributed by atoms with van der Waals surface area (Å²) in [5, 5.41) is 9.02. The third kappa shape index (κ3) is 19.0. The molecule has 3 heterocycles. The van der Waals surface area contributed by atoms with Crippen LogP contribution in [0.25, 0.3) is 0 Å². The lowest BCUT2D eigenvalue weighted by atomic mass is 9.99. The van der Waals surface area contributed by atoms with E-state index >= 15 is 0 Å². The van der Waals surface area contributed by atoms with Gasteiger partial charge in [0.25, 0.3) is 5.91 Å². The van der Waals surface area contributed by atoms with Crippen molar-refractivity contribution in [2.75, 3.05) is 57.2 Å². The first kappa shape index (κ1) is 39.8. The average molecular weight is 624 g/mol. The van der Waals surface area contributed by atoms with Crippen molar-refractivity contribution in [3.63, 3.8) is 0 Å². The van der Waals surface area contributed by atoms with Gasteiger partial charge >= 0.3 is 0 Å². The van der Waals surface area contributed by atoms with Crippen LogP contribution in [-0.2, 0) is 11.3 Å². The molecule has 2 aliphatic rings. The van der Waals surface area contributed by atoms with E-state index in [0.29, 0.717) is 17.9 Å². The summed E-state index contributed by atoms with van der Waals surface area (Å²) in [5.74, 6) is 5.60. The molecule has 0 unspecified atom stereocenters. The number of aryl methyl sites for hydroxylation is 1. The first-order valence-electron chi connectivity index (χ1n) is 17.0. The van der Waals surface area contributed by atoms with Gasteiger partial charge in [0.05, 0.1) is 24.4 Å². The molecule has 1 aliphatic heterocycles. The third-order valence-corrected chi connectivity index (χ3v) is 7.53. The van der Waals surface area contributed by atoms with E-state index in [-0.39, 0.29) is 5.91 Å². The van der Waals surface area contributed by atoms with E-state index in [2.05, 4.69) is 55.6 Å². The van der Waals surface area contributed by atoms with Gasteiger partial charge in [0, 0.05) is 52.0 Å². The Kier molecular flexibility index (Phi) is 23.0. The molecule has 2 aromatic rings. The van der Waals surface area contributed by atoms with Crippen LogP contribution in [0.1, 0.15) is 113 Å². The Hall–Kier alpha value is -3.22. The number of likely N-dealkylation sites (N-methyl/N-ethyl adjacent to an activating group) is 1. The van der Waals surface area contributed by atoms with Crippen molar-refractivity contribution in [3.8, 4) is 12.3 Å². The van der Waals surface area contributed by atoms with Crippen molar-refractivity contribution in [2.24, 2.45) is 5.92 Å². The van der Waals surface area contributed by atoms with E-state index in [1.165, 1.54) is 64.2 Å². The first-order valence-corrected chi connectivity index (χ1v) is 17.0. The number of hydrogen-bond donors (Lipinski definition) is 3. The fourth-order valence-electron chi connectivity index (χ4n) is 4.75. The number of hydrogen-bond acceptors (Lipinski definition) is 8. The fourth-order valence-corrected chi connectivity index (χ4v) is 4.75. The summed E-state index contributed by atoms with van der Waals surface area (Å²) in [5.41, 5.74) is 1.33. The van der Waals surface area contributed by atoms with E-state index in [4.69, 9.17) is 11.2 Å². The van der Waals surface area contributed by atoms with Crippen LogP contribution in [-0.4, -0.2) is 67.8 Å². The second-order valence-electron chi connectivity index (χ2n) is 11.6. The Morgan fingerprint density at radius 3 is 2.22 bits per heavy atom. The zero-order chi connectivity index (χ0) is 33.1. The van der Waals surface area contributed by atoms with Gasteiger partial charge in [-0.25, -0.2) is 15.0 Å². The number of nitrogens with zero attached hydrogens (tertiary/aromatic N) is 4. The fraction of sp³-hybridized carbons (Fsp3) is 0.667. The van der Waals surface area contributed by atoms with E-state index in [1.807, 2.05) is 39.1 Å². The molecule has 252 valence electrons. The van der Waals surface area contributed by atoms with Crippen LogP contribution in [0.3, 0.4) is 0 Å². The van der Waals surface area contributed by atoms with Crippen LogP contribution in [0.15, 0.2) is 24.4 Å². The highest BCUT2D eigenvalue weighted by Crippen LogP contribution is 2.21. The van der Waals surface area contributed by atoms with Gasteiger partial charge in [-0.1, -0.05) is 58.8 Å². The molecular weight excluding hydrogens is 562 g/mol. The second kappa shape index (κ2) is 26.0. The molecule has 4 rings (SSSR count). The Morgan fingerprint density at radius 1 is 1.09 bits per heavy atom. The van der Waals surface area contributed by atoms with Crippen molar-refractivity contribution in [1.82, 2.24) is 25.6 Å². The number of anilines is 2. The number of ether oxygens (including phenoxy) is 1. The molecule has 2 aromatic heterocycles. The molecule has 1 aliphatic carbocycles. The Morgan fingerprint density at radius 2 is 1.76 bits per heavy atom. The van der Waals surface area contributed by atoms with Crippen molar-refractivity contribution in [3.05, 3.63) is 41.5 Å². The van der Waals surface area contributed by atoms with Gasteiger partial charge in [-0.3, -0.25) is 4.79 Å². The minimum Gasteiger partial charge on any atom is -0.383 e. The maximum absolute atomic E-state index is 12.4. The van der Waals surface area contributed by atoms with E-state index in [9.17, 15) is 4.79 Å². The molecule has 0 atom stereocenters. The van der Waals surface area contributed by atoms with Crippen LogP contribution < -0.4 is 20.9 Å². The summed E-state index contributed by atoms with van der Waals surface area (Å²) in [6.45, 7) is 13.2. The number of carbonyl (C=O) groups excluding carboxylic acids is 1. The van der Waals surface area contributed by atoms with Crippen molar-refractivity contribution < 1.29 is 9.53 Å². The molecule has 2 fully saturated rings. The molecule has 3 N–H and O–H groups in total.